The number of anilines is 1. The Hall–Kier alpha value is -1.98. The Morgan fingerprint density at radius 1 is 1.17 bits per heavy atom. The topological polar surface area (TPSA) is 61.4 Å². The van der Waals surface area contributed by atoms with Gasteiger partial charge in [0.2, 0.25) is 0 Å². The number of hydrogen-bond acceptors (Lipinski definition) is 4. The smallest absolute Gasteiger partial charge is 0.251 e. The Bertz CT molecular complexity index is 619. The van der Waals surface area contributed by atoms with Gasteiger partial charge in [-0.05, 0) is 30.0 Å². The van der Waals surface area contributed by atoms with Crippen LogP contribution in [0, 0.1) is 0 Å². The monoisotopic (exact) mass is 330 g/mol. The summed E-state index contributed by atoms with van der Waals surface area (Å²) in [5, 5.41) is 15.0. The van der Waals surface area contributed by atoms with Gasteiger partial charge in [-0.3, -0.25) is 4.79 Å². The SMILES string of the molecule is CSCC(Nc1cccc(C(=O)NCCO)c1)c1ccccc1. The highest BCUT2D eigenvalue weighted by atomic mass is 32.2. The molecule has 0 saturated carbocycles. The third-order valence-electron chi connectivity index (χ3n) is 3.40. The van der Waals surface area contributed by atoms with Gasteiger partial charge in [0.25, 0.3) is 5.91 Å². The van der Waals surface area contributed by atoms with Crippen LogP contribution in [0.15, 0.2) is 54.6 Å². The van der Waals surface area contributed by atoms with Crippen molar-refractivity contribution >= 4 is 23.4 Å². The molecule has 0 spiro atoms. The van der Waals surface area contributed by atoms with Gasteiger partial charge in [0.15, 0.2) is 0 Å². The Morgan fingerprint density at radius 3 is 2.65 bits per heavy atom. The van der Waals surface area contributed by atoms with Crippen molar-refractivity contribution in [1.82, 2.24) is 5.32 Å². The van der Waals surface area contributed by atoms with Crippen molar-refractivity contribution in [2.24, 2.45) is 0 Å². The summed E-state index contributed by atoms with van der Waals surface area (Å²) in [5.74, 6) is 0.758. The minimum Gasteiger partial charge on any atom is -0.395 e. The van der Waals surface area contributed by atoms with Crippen molar-refractivity contribution in [3.8, 4) is 0 Å². The molecular formula is C18H22N2O2S. The highest BCUT2D eigenvalue weighted by Crippen LogP contribution is 2.23. The van der Waals surface area contributed by atoms with E-state index in [1.807, 2.05) is 36.4 Å². The normalized spacial score (nSPS) is 11.7. The lowest BCUT2D eigenvalue weighted by molar-refractivity contribution is 0.0945. The van der Waals surface area contributed by atoms with Crippen LogP contribution in [0.1, 0.15) is 22.0 Å². The van der Waals surface area contributed by atoms with E-state index in [1.54, 1.807) is 17.8 Å². The molecule has 0 heterocycles. The summed E-state index contributed by atoms with van der Waals surface area (Å²) >= 11 is 1.78. The van der Waals surface area contributed by atoms with E-state index in [4.69, 9.17) is 5.11 Å². The van der Waals surface area contributed by atoms with Gasteiger partial charge in [0.05, 0.1) is 12.6 Å². The second-order valence-electron chi connectivity index (χ2n) is 5.12. The molecular weight excluding hydrogens is 308 g/mol. The molecule has 5 heteroatoms. The molecule has 0 aromatic heterocycles. The lowest BCUT2D eigenvalue weighted by Crippen LogP contribution is -2.26. The number of rotatable bonds is 8. The molecule has 1 atom stereocenters. The molecule has 0 aliphatic carbocycles. The van der Waals surface area contributed by atoms with Crippen LogP contribution in [0.2, 0.25) is 0 Å². The number of aliphatic hydroxyl groups is 1. The predicted octanol–water partition coefficient (Wildman–Crippen LogP) is 2.92. The first kappa shape index (κ1) is 17.4. The third-order valence-corrected chi connectivity index (χ3v) is 4.06. The van der Waals surface area contributed by atoms with Gasteiger partial charge in [-0.2, -0.15) is 11.8 Å². The van der Waals surface area contributed by atoms with Crippen molar-refractivity contribution in [1.29, 1.82) is 0 Å². The summed E-state index contributed by atoms with van der Waals surface area (Å²) in [7, 11) is 0. The van der Waals surface area contributed by atoms with Gasteiger partial charge in [-0.25, -0.2) is 0 Å². The van der Waals surface area contributed by atoms with Gasteiger partial charge in [-0.15, -0.1) is 0 Å². The summed E-state index contributed by atoms with van der Waals surface area (Å²) in [5.41, 5.74) is 2.71. The average molecular weight is 330 g/mol. The molecule has 0 fully saturated rings. The molecule has 3 N–H and O–H groups in total. The molecule has 0 radical (unpaired) electrons. The fraction of sp³-hybridized carbons (Fsp3) is 0.278. The maximum atomic E-state index is 12.0. The van der Waals surface area contributed by atoms with Crippen LogP contribution in [-0.4, -0.2) is 36.2 Å². The first-order valence-electron chi connectivity index (χ1n) is 7.54. The second kappa shape index (κ2) is 9.22. The maximum Gasteiger partial charge on any atom is 0.251 e. The molecule has 4 nitrogen and oxygen atoms in total. The van der Waals surface area contributed by atoms with Crippen LogP contribution in [0.4, 0.5) is 5.69 Å². The van der Waals surface area contributed by atoms with Crippen molar-refractivity contribution in [3.05, 3.63) is 65.7 Å². The van der Waals surface area contributed by atoms with Crippen molar-refractivity contribution < 1.29 is 9.90 Å². The molecule has 2 aromatic carbocycles. The second-order valence-corrected chi connectivity index (χ2v) is 6.03. The van der Waals surface area contributed by atoms with Gasteiger partial charge in [0.1, 0.15) is 0 Å². The van der Waals surface area contributed by atoms with Crippen LogP contribution < -0.4 is 10.6 Å². The number of carbonyl (C=O) groups excluding carboxylic acids is 1. The zero-order valence-electron chi connectivity index (χ0n) is 13.2. The highest BCUT2D eigenvalue weighted by molar-refractivity contribution is 7.98. The summed E-state index contributed by atoms with van der Waals surface area (Å²) in [6.45, 7) is 0.198. The zero-order chi connectivity index (χ0) is 16.5. The molecule has 122 valence electrons. The molecule has 0 saturated heterocycles. The van der Waals surface area contributed by atoms with Crippen molar-refractivity contribution in [3.63, 3.8) is 0 Å². The largest absolute Gasteiger partial charge is 0.395 e. The number of hydrogen-bond donors (Lipinski definition) is 3. The molecule has 23 heavy (non-hydrogen) atoms. The molecule has 2 aromatic rings. The average Bonchev–Trinajstić information content (AvgIpc) is 2.60. The summed E-state index contributed by atoms with van der Waals surface area (Å²) in [4.78, 5) is 12.0. The Labute approximate surface area is 141 Å². The van der Waals surface area contributed by atoms with Crippen LogP contribution in [0.25, 0.3) is 0 Å². The predicted molar refractivity (Wildman–Crippen MR) is 97.0 cm³/mol. The standard InChI is InChI=1S/C18H22N2O2S/c1-23-13-17(14-6-3-2-4-7-14)20-16-9-5-8-15(12-16)18(22)19-10-11-21/h2-9,12,17,20-21H,10-11,13H2,1H3,(H,19,22). The molecule has 0 aliphatic heterocycles. The summed E-state index contributed by atoms with van der Waals surface area (Å²) in [6.07, 6.45) is 2.08. The first-order valence-corrected chi connectivity index (χ1v) is 8.93. The van der Waals surface area contributed by atoms with Gasteiger partial charge in [-0.1, -0.05) is 36.4 Å². The van der Waals surface area contributed by atoms with Gasteiger partial charge < -0.3 is 15.7 Å². The number of carbonyl (C=O) groups is 1. The lowest BCUT2D eigenvalue weighted by Gasteiger charge is -2.20. The minimum atomic E-state index is -0.177. The fourth-order valence-corrected chi connectivity index (χ4v) is 2.91. The maximum absolute atomic E-state index is 12.0. The number of amides is 1. The summed E-state index contributed by atoms with van der Waals surface area (Å²) < 4.78 is 0. The molecule has 0 bridgehead atoms. The highest BCUT2D eigenvalue weighted by Gasteiger charge is 2.12. The van der Waals surface area contributed by atoms with Gasteiger partial charge >= 0.3 is 0 Å². The molecule has 1 amide bonds. The number of thioether (sulfide) groups is 1. The number of aliphatic hydroxyl groups excluding tert-OH is 1. The van der Waals surface area contributed by atoms with Crippen molar-refractivity contribution in [2.45, 2.75) is 6.04 Å². The number of nitrogens with one attached hydrogen (secondary N) is 2. The van der Waals surface area contributed by atoms with Crippen molar-refractivity contribution in [2.75, 3.05) is 30.5 Å². The van der Waals surface area contributed by atoms with Crippen LogP contribution in [0.5, 0.6) is 0 Å². The number of benzene rings is 2. The van der Waals surface area contributed by atoms with Crippen LogP contribution in [-0.2, 0) is 0 Å². The quantitative estimate of drug-likeness (QED) is 0.696. The Morgan fingerprint density at radius 2 is 1.96 bits per heavy atom. The molecule has 1 unspecified atom stereocenters. The van der Waals surface area contributed by atoms with E-state index in [1.165, 1.54) is 5.56 Å². The first-order chi connectivity index (χ1) is 11.2. The van der Waals surface area contributed by atoms with E-state index in [9.17, 15) is 4.79 Å². The Kier molecular flexibility index (Phi) is 6.97. The zero-order valence-corrected chi connectivity index (χ0v) is 14.0. The van der Waals surface area contributed by atoms with Crippen LogP contribution >= 0.6 is 11.8 Å². The van der Waals surface area contributed by atoms with E-state index in [-0.39, 0.29) is 25.1 Å². The van der Waals surface area contributed by atoms with E-state index in [0.29, 0.717) is 5.56 Å². The van der Waals surface area contributed by atoms with Gasteiger partial charge in [0, 0.05) is 23.5 Å². The lowest BCUT2D eigenvalue weighted by atomic mass is 10.1. The summed E-state index contributed by atoms with van der Waals surface area (Å²) in [6, 6.07) is 17.9. The van der Waals surface area contributed by atoms with E-state index in [2.05, 4.69) is 29.0 Å². The molecule has 2 rings (SSSR count). The van der Waals surface area contributed by atoms with E-state index < -0.39 is 0 Å². The molecule has 0 aliphatic rings. The fourth-order valence-electron chi connectivity index (χ4n) is 2.30. The van der Waals surface area contributed by atoms with Crippen LogP contribution in [0.3, 0.4) is 0 Å². The van der Waals surface area contributed by atoms with E-state index >= 15 is 0 Å². The third kappa shape index (κ3) is 5.30. The van der Waals surface area contributed by atoms with E-state index in [0.717, 1.165) is 11.4 Å². The minimum absolute atomic E-state index is 0.0620. The Balaban J connectivity index is 2.12.